The lowest BCUT2D eigenvalue weighted by Crippen LogP contribution is -2.35. The van der Waals surface area contributed by atoms with Crippen LogP contribution in [0.15, 0.2) is 0 Å². The lowest BCUT2D eigenvalue weighted by Gasteiger charge is -2.21. The van der Waals surface area contributed by atoms with Gasteiger partial charge in [-0.05, 0) is 5.92 Å². The molecule has 0 aromatic heterocycles. The second-order valence-corrected chi connectivity index (χ2v) is 3.13. The molecular weight excluding hydrogens is 204 g/mol. The molecular formula is C8H14F4O2. The minimum absolute atomic E-state index is 0.261. The first-order valence-electron chi connectivity index (χ1n) is 4.29. The molecule has 14 heavy (non-hydrogen) atoms. The van der Waals surface area contributed by atoms with Crippen molar-refractivity contribution in [2.24, 2.45) is 5.92 Å². The number of alkyl halides is 4. The zero-order valence-corrected chi connectivity index (χ0v) is 8.01. The van der Waals surface area contributed by atoms with E-state index in [-0.39, 0.29) is 5.92 Å². The van der Waals surface area contributed by atoms with Crippen LogP contribution in [0.2, 0.25) is 0 Å². The van der Waals surface area contributed by atoms with E-state index in [9.17, 15) is 17.6 Å². The van der Waals surface area contributed by atoms with Crippen LogP contribution in [0.3, 0.4) is 0 Å². The van der Waals surface area contributed by atoms with E-state index in [1.165, 1.54) is 0 Å². The van der Waals surface area contributed by atoms with E-state index in [1.807, 2.05) is 0 Å². The molecule has 6 heteroatoms. The summed E-state index contributed by atoms with van der Waals surface area (Å²) in [4.78, 5) is 0. The smallest absolute Gasteiger partial charge is 0.390 e. The molecule has 0 aromatic carbocycles. The number of hydrogen-bond acceptors (Lipinski definition) is 2. The molecule has 0 aliphatic carbocycles. The standard InChI is InChI=1S/C8H14F4O2/c1-3-5(2)6(13)4-14-8(11,12)7(9)10/h5-7,13H,3-4H2,1-2H3. The van der Waals surface area contributed by atoms with Gasteiger partial charge in [-0.15, -0.1) is 0 Å². The van der Waals surface area contributed by atoms with Gasteiger partial charge in [-0.2, -0.15) is 8.78 Å². The van der Waals surface area contributed by atoms with Crippen molar-refractivity contribution >= 4 is 0 Å². The molecule has 0 saturated carbocycles. The van der Waals surface area contributed by atoms with Crippen molar-refractivity contribution < 1.29 is 27.4 Å². The van der Waals surface area contributed by atoms with Crippen LogP contribution in [-0.4, -0.2) is 30.4 Å². The van der Waals surface area contributed by atoms with E-state index in [2.05, 4.69) is 4.74 Å². The lowest BCUT2D eigenvalue weighted by molar-refractivity contribution is -0.307. The van der Waals surface area contributed by atoms with E-state index in [0.717, 1.165) is 0 Å². The second kappa shape index (κ2) is 5.50. The summed E-state index contributed by atoms with van der Waals surface area (Å²) in [5.74, 6) is -0.261. The average Bonchev–Trinajstić information content (AvgIpc) is 2.12. The molecule has 2 unspecified atom stereocenters. The Morgan fingerprint density at radius 1 is 1.36 bits per heavy atom. The molecule has 2 nitrogen and oxygen atoms in total. The minimum atomic E-state index is -4.48. The topological polar surface area (TPSA) is 29.5 Å². The summed E-state index contributed by atoms with van der Waals surface area (Å²) in [6.07, 6.45) is -8.93. The van der Waals surface area contributed by atoms with Crippen molar-refractivity contribution in [2.45, 2.75) is 38.9 Å². The summed E-state index contributed by atoms with van der Waals surface area (Å²) in [5, 5.41) is 9.16. The summed E-state index contributed by atoms with van der Waals surface area (Å²) in [7, 11) is 0. The zero-order valence-electron chi connectivity index (χ0n) is 8.01. The lowest BCUT2D eigenvalue weighted by atomic mass is 10.0. The highest BCUT2D eigenvalue weighted by molar-refractivity contribution is 4.64. The van der Waals surface area contributed by atoms with Crippen LogP contribution in [0.5, 0.6) is 0 Å². The molecule has 1 N–H and O–H groups in total. The predicted octanol–water partition coefficient (Wildman–Crippen LogP) is 2.27. The number of hydrogen-bond donors (Lipinski definition) is 1. The van der Waals surface area contributed by atoms with E-state index >= 15 is 0 Å². The first-order valence-corrected chi connectivity index (χ1v) is 4.29. The van der Waals surface area contributed by atoms with Crippen LogP contribution in [-0.2, 0) is 4.74 Å². The van der Waals surface area contributed by atoms with Gasteiger partial charge >= 0.3 is 12.5 Å². The Morgan fingerprint density at radius 3 is 2.21 bits per heavy atom. The molecule has 0 rings (SSSR count). The van der Waals surface area contributed by atoms with Crippen molar-refractivity contribution in [1.82, 2.24) is 0 Å². The molecule has 0 fully saturated rings. The highest BCUT2D eigenvalue weighted by Gasteiger charge is 2.42. The maximum absolute atomic E-state index is 12.2. The fourth-order valence-corrected chi connectivity index (χ4v) is 0.696. The van der Waals surface area contributed by atoms with Gasteiger partial charge in [0.15, 0.2) is 0 Å². The summed E-state index contributed by atoms with van der Waals surface area (Å²) >= 11 is 0. The summed E-state index contributed by atoms with van der Waals surface area (Å²) in [6.45, 7) is 2.58. The molecule has 0 aliphatic rings. The molecule has 0 aromatic rings. The quantitative estimate of drug-likeness (QED) is 0.693. The molecule has 0 radical (unpaired) electrons. The monoisotopic (exact) mass is 218 g/mol. The van der Waals surface area contributed by atoms with Gasteiger partial charge in [-0.1, -0.05) is 20.3 Å². The van der Waals surface area contributed by atoms with Crippen LogP contribution in [0.1, 0.15) is 20.3 Å². The molecule has 0 amide bonds. The van der Waals surface area contributed by atoms with Gasteiger partial charge in [0, 0.05) is 0 Å². The zero-order chi connectivity index (χ0) is 11.4. The minimum Gasteiger partial charge on any atom is -0.390 e. The highest BCUT2D eigenvalue weighted by atomic mass is 19.3. The average molecular weight is 218 g/mol. The number of aliphatic hydroxyl groups excluding tert-OH is 1. The van der Waals surface area contributed by atoms with Crippen molar-refractivity contribution in [2.75, 3.05) is 6.61 Å². The summed E-state index contributed by atoms with van der Waals surface area (Å²) in [5.41, 5.74) is 0. The Balaban J connectivity index is 3.93. The largest absolute Gasteiger partial charge is 0.416 e. The molecule has 2 atom stereocenters. The number of halogens is 4. The van der Waals surface area contributed by atoms with Gasteiger partial charge in [-0.3, -0.25) is 0 Å². The van der Waals surface area contributed by atoms with Crippen LogP contribution in [0.4, 0.5) is 17.6 Å². The number of rotatable bonds is 6. The van der Waals surface area contributed by atoms with Gasteiger partial charge in [0.25, 0.3) is 0 Å². The van der Waals surface area contributed by atoms with Crippen molar-refractivity contribution in [3.8, 4) is 0 Å². The molecule has 86 valence electrons. The Bertz CT molecular complexity index is 163. The third-order valence-corrected chi connectivity index (χ3v) is 2.00. The maximum Gasteiger partial charge on any atom is 0.416 e. The fourth-order valence-electron chi connectivity index (χ4n) is 0.696. The van der Waals surface area contributed by atoms with Crippen molar-refractivity contribution in [1.29, 1.82) is 0 Å². The van der Waals surface area contributed by atoms with Gasteiger partial charge in [-0.25, -0.2) is 8.78 Å². The van der Waals surface area contributed by atoms with E-state index in [4.69, 9.17) is 5.11 Å². The van der Waals surface area contributed by atoms with Gasteiger partial charge in [0.2, 0.25) is 0 Å². The number of aliphatic hydroxyl groups is 1. The van der Waals surface area contributed by atoms with Gasteiger partial charge < -0.3 is 9.84 Å². The molecule has 0 heterocycles. The van der Waals surface area contributed by atoms with E-state index in [0.29, 0.717) is 6.42 Å². The third-order valence-electron chi connectivity index (χ3n) is 2.00. The first kappa shape index (κ1) is 13.6. The summed E-state index contributed by atoms with van der Waals surface area (Å²) in [6, 6.07) is 0. The Labute approximate surface area is 79.9 Å². The first-order chi connectivity index (χ1) is 6.31. The number of ether oxygens (including phenoxy) is 1. The van der Waals surface area contributed by atoms with Crippen LogP contribution in [0, 0.1) is 5.92 Å². The molecule has 0 saturated heterocycles. The van der Waals surface area contributed by atoms with Crippen LogP contribution >= 0.6 is 0 Å². The van der Waals surface area contributed by atoms with E-state index in [1.54, 1.807) is 13.8 Å². The van der Waals surface area contributed by atoms with Crippen LogP contribution < -0.4 is 0 Å². The molecule has 0 bridgehead atoms. The van der Waals surface area contributed by atoms with Crippen LogP contribution in [0.25, 0.3) is 0 Å². The Hall–Kier alpha value is -0.360. The Morgan fingerprint density at radius 2 is 1.86 bits per heavy atom. The highest BCUT2D eigenvalue weighted by Crippen LogP contribution is 2.24. The fraction of sp³-hybridized carbons (Fsp3) is 1.00. The summed E-state index contributed by atoms with van der Waals surface area (Å²) < 4.78 is 51.2. The van der Waals surface area contributed by atoms with E-state index < -0.39 is 25.2 Å². The molecule has 0 spiro atoms. The Kier molecular flexibility index (Phi) is 5.36. The van der Waals surface area contributed by atoms with Crippen molar-refractivity contribution in [3.05, 3.63) is 0 Å². The third kappa shape index (κ3) is 4.23. The second-order valence-electron chi connectivity index (χ2n) is 3.13. The maximum atomic E-state index is 12.2. The SMILES string of the molecule is CCC(C)C(O)COC(F)(F)C(F)F. The normalized spacial score (nSPS) is 17.1. The molecule has 0 aliphatic heterocycles. The van der Waals surface area contributed by atoms with Gasteiger partial charge in [0.05, 0.1) is 12.7 Å². The van der Waals surface area contributed by atoms with Crippen molar-refractivity contribution in [3.63, 3.8) is 0 Å². The predicted molar refractivity (Wildman–Crippen MR) is 42.4 cm³/mol. The van der Waals surface area contributed by atoms with Gasteiger partial charge in [0.1, 0.15) is 0 Å².